The lowest BCUT2D eigenvalue weighted by Gasteiger charge is -2.20. The van der Waals surface area contributed by atoms with Crippen molar-refractivity contribution in [1.82, 2.24) is 0 Å². The minimum Gasteiger partial charge on any atom is -0.413 e. The summed E-state index contributed by atoms with van der Waals surface area (Å²) in [6, 6.07) is 11.2. The number of nitrogens with zero attached hydrogens (tertiary/aromatic N) is 1. The summed E-state index contributed by atoms with van der Waals surface area (Å²) in [5.74, 6) is 0. The van der Waals surface area contributed by atoms with E-state index in [2.05, 4.69) is 50.0 Å². The Labute approximate surface area is 123 Å². The Morgan fingerprint density at radius 3 is 2.15 bits per heavy atom. The summed E-state index contributed by atoms with van der Waals surface area (Å²) >= 11 is 0. The average molecular weight is 287 g/mol. The molecule has 3 heteroatoms. The fourth-order valence-corrected chi connectivity index (χ4v) is 3.42. The third-order valence-corrected chi connectivity index (χ3v) is 5.05. The fourth-order valence-electron chi connectivity index (χ4n) is 2.82. The van der Waals surface area contributed by atoms with Crippen LogP contribution in [-0.2, 0) is 17.5 Å². The zero-order valence-corrected chi connectivity index (χ0v) is 13.9. The van der Waals surface area contributed by atoms with Crippen LogP contribution in [0.2, 0.25) is 19.6 Å². The van der Waals surface area contributed by atoms with Crippen LogP contribution in [0.3, 0.4) is 0 Å². The first-order valence-corrected chi connectivity index (χ1v) is 11.0. The first-order chi connectivity index (χ1) is 9.42. The Balaban J connectivity index is 1.96. The van der Waals surface area contributed by atoms with Crippen molar-refractivity contribution in [3.63, 3.8) is 0 Å². The van der Waals surface area contributed by atoms with Gasteiger partial charge < -0.3 is 4.43 Å². The van der Waals surface area contributed by atoms with E-state index in [4.69, 9.17) is 4.43 Å². The van der Waals surface area contributed by atoms with Gasteiger partial charge in [0.05, 0.1) is 18.1 Å². The Kier molecular flexibility index (Phi) is 4.67. The molecule has 1 saturated carbocycles. The van der Waals surface area contributed by atoms with Crippen molar-refractivity contribution in [3.05, 3.63) is 35.4 Å². The molecule has 1 aliphatic rings. The predicted octanol–water partition coefficient (Wildman–Crippen LogP) is 4.66. The molecule has 20 heavy (non-hydrogen) atoms. The van der Waals surface area contributed by atoms with E-state index in [1.54, 1.807) is 0 Å². The van der Waals surface area contributed by atoms with Gasteiger partial charge in [0, 0.05) is 0 Å². The lowest BCUT2D eigenvalue weighted by atomic mass is 9.81. The highest BCUT2D eigenvalue weighted by Gasteiger charge is 2.33. The quantitative estimate of drug-likeness (QED) is 0.738. The third kappa shape index (κ3) is 4.19. The summed E-state index contributed by atoms with van der Waals surface area (Å²) in [6.07, 6.45) is 5.43. The fraction of sp³-hybridized carbons (Fsp3) is 0.588. The number of hydrogen-bond donors (Lipinski definition) is 0. The summed E-state index contributed by atoms with van der Waals surface area (Å²) in [5, 5.41) is 9.44. The third-order valence-electron chi connectivity index (χ3n) is 4.04. The summed E-state index contributed by atoms with van der Waals surface area (Å²) < 4.78 is 5.92. The molecule has 0 aliphatic heterocycles. The second kappa shape index (κ2) is 6.11. The zero-order valence-electron chi connectivity index (χ0n) is 12.9. The van der Waals surface area contributed by atoms with E-state index in [0.29, 0.717) is 6.61 Å². The molecule has 0 atom stereocenters. The van der Waals surface area contributed by atoms with Gasteiger partial charge in [-0.3, -0.25) is 0 Å². The van der Waals surface area contributed by atoms with Crippen LogP contribution in [0.4, 0.5) is 0 Å². The van der Waals surface area contributed by atoms with E-state index in [-0.39, 0.29) is 5.41 Å². The molecule has 1 aromatic rings. The monoisotopic (exact) mass is 287 g/mol. The van der Waals surface area contributed by atoms with Crippen LogP contribution < -0.4 is 0 Å². The van der Waals surface area contributed by atoms with Gasteiger partial charge in [-0.05, 0) is 50.0 Å². The molecule has 1 aliphatic carbocycles. The second-order valence-corrected chi connectivity index (χ2v) is 11.5. The van der Waals surface area contributed by atoms with Gasteiger partial charge in [-0.1, -0.05) is 37.1 Å². The molecule has 0 aromatic heterocycles. The normalized spacial score (nSPS) is 17.9. The largest absolute Gasteiger partial charge is 0.413 e. The van der Waals surface area contributed by atoms with Gasteiger partial charge in [-0.2, -0.15) is 5.26 Å². The maximum atomic E-state index is 9.44. The molecular weight excluding hydrogens is 262 g/mol. The van der Waals surface area contributed by atoms with Crippen molar-refractivity contribution in [2.75, 3.05) is 0 Å². The molecule has 1 aromatic carbocycles. The van der Waals surface area contributed by atoms with Crippen LogP contribution in [0, 0.1) is 16.7 Å². The lowest BCUT2D eigenvalue weighted by molar-refractivity contribution is 0.299. The molecule has 0 bridgehead atoms. The van der Waals surface area contributed by atoms with Crippen LogP contribution >= 0.6 is 0 Å². The van der Waals surface area contributed by atoms with E-state index in [1.165, 1.54) is 24.0 Å². The SMILES string of the molecule is C[Si](C)(C)OCc1ccc(CC2(C#N)CCCC2)cc1. The van der Waals surface area contributed by atoms with Crippen LogP contribution in [0.25, 0.3) is 0 Å². The Hall–Kier alpha value is -1.11. The summed E-state index contributed by atoms with van der Waals surface area (Å²) in [5.41, 5.74) is 2.41. The van der Waals surface area contributed by atoms with Crippen LogP contribution in [-0.4, -0.2) is 8.32 Å². The standard InChI is InChI=1S/C17H25NOSi/c1-20(2,3)19-13-16-8-6-15(7-9-16)12-17(14-18)10-4-5-11-17/h6-9H,4-5,10-13H2,1-3H3. The van der Waals surface area contributed by atoms with Crippen molar-refractivity contribution < 1.29 is 4.43 Å². The summed E-state index contributed by atoms with van der Waals surface area (Å²) in [7, 11) is -1.44. The minimum atomic E-state index is -1.44. The molecule has 0 heterocycles. The van der Waals surface area contributed by atoms with Gasteiger partial charge in [0.2, 0.25) is 0 Å². The number of hydrogen-bond acceptors (Lipinski definition) is 2. The Bertz CT molecular complexity index is 475. The van der Waals surface area contributed by atoms with Crippen molar-refractivity contribution >= 4 is 8.32 Å². The van der Waals surface area contributed by atoms with E-state index in [1.807, 2.05) is 0 Å². The van der Waals surface area contributed by atoms with Gasteiger partial charge in [-0.15, -0.1) is 0 Å². The maximum absolute atomic E-state index is 9.44. The first kappa shape index (κ1) is 15.3. The molecule has 0 unspecified atom stereocenters. The minimum absolute atomic E-state index is 0.101. The highest BCUT2D eigenvalue weighted by molar-refractivity contribution is 6.69. The molecule has 2 nitrogen and oxygen atoms in total. The molecule has 2 rings (SSSR count). The predicted molar refractivity (Wildman–Crippen MR) is 84.8 cm³/mol. The maximum Gasteiger partial charge on any atom is 0.184 e. The molecular formula is C17H25NOSi. The first-order valence-electron chi connectivity index (χ1n) is 7.56. The highest BCUT2D eigenvalue weighted by Crippen LogP contribution is 2.40. The number of benzene rings is 1. The van der Waals surface area contributed by atoms with Crippen LogP contribution in [0.15, 0.2) is 24.3 Å². The number of rotatable bonds is 5. The summed E-state index contributed by atoms with van der Waals surface area (Å²) in [6.45, 7) is 7.33. The van der Waals surface area contributed by atoms with Crippen molar-refractivity contribution in [2.24, 2.45) is 5.41 Å². The molecule has 1 fully saturated rings. The molecule has 0 N–H and O–H groups in total. The van der Waals surface area contributed by atoms with Gasteiger partial charge in [0.1, 0.15) is 0 Å². The van der Waals surface area contributed by atoms with Gasteiger partial charge in [0.25, 0.3) is 0 Å². The highest BCUT2D eigenvalue weighted by atomic mass is 28.4. The van der Waals surface area contributed by atoms with Crippen molar-refractivity contribution in [2.45, 2.75) is 58.4 Å². The van der Waals surface area contributed by atoms with E-state index in [0.717, 1.165) is 19.3 Å². The Morgan fingerprint density at radius 2 is 1.65 bits per heavy atom. The van der Waals surface area contributed by atoms with E-state index in [9.17, 15) is 5.26 Å². The van der Waals surface area contributed by atoms with Gasteiger partial charge in [-0.25, -0.2) is 0 Å². The van der Waals surface area contributed by atoms with Crippen LogP contribution in [0.5, 0.6) is 0 Å². The average Bonchev–Trinajstić information content (AvgIpc) is 2.86. The summed E-state index contributed by atoms with van der Waals surface area (Å²) in [4.78, 5) is 0. The van der Waals surface area contributed by atoms with E-state index >= 15 is 0 Å². The van der Waals surface area contributed by atoms with Crippen molar-refractivity contribution in [3.8, 4) is 6.07 Å². The van der Waals surface area contributed by atoms with Gasteiger partial charge in [0.15, 0.2) is 8.32 Å². The van der Waals surface area contributed by atoms with Crippen molar-refractivity contribution in [1.29, 1.82) is 5.26 Å². The van der Waals surface area contributed by atoms with E-state index < -0.39 is 8.32 Å². The zero-order chi connectivity index (χ0) is 14.6. The van der Waals surface area contributed by atoms with Crippen LogP contribution in [0.1, 0.15) is 36.8 Å². The molecule has 0 spiro atoms. The molecule has 0 saturated heterocycles. The van der Waals surface area contributed by atoms with Gasteiger partial charge >= 0.3 is 0 Å². The second-order valence-electron chi connectivity index (χ2n) is 6.99. The topological polar surface area (TPSA) is 33.0 Å². The molecule has 108 valence electrons. The Morgan fingerprint density at radius 1 is 1.10 bits per heavy atom. The lowest BCUT2D eigenvalue weighted by Crippen LogP contribution is -2.24. The smallest absolute Gasteiger partial charge is 0.184 e. The number of nitriles is 1. The molecule has 0 radical (unpaired) electrons. The molecule has 0 amide bonds.